The van der Waals surface area contributed by atoms with Crippen molar-refractivity contribution in [3.63, 3.8) is 0 Å². The fourth-order valence-corrected chi connectivity index (χ4v) is 7.09. The average molecular weight is 326 g/mol. The van der Waals surface area contributed by atoms with E-state index in [9.17, 15) is 9.59 Å². The number of hydrogen-bond donors (Lipinski definition) is 0. The van der Waals surface area contributed by atoms with Crippen LogP contribution in [0.2, 0.25) is 0 Å². The summed E-state index contributed by atoms with van der Waals surface area (Å²) in [6.45, 7) is 8.82. The maximum Gasteiger partial charge on any atom is 0.155 e. The Balaban J connectivity index is 1.76. The van der Waals surface area contributed by atoms with Crippen molar-refractivity contribution in [1.29, 1.82) is 0 Å². The molecule has 24 heavy (non-hydrogen) atoms. The van der Waals surface area contributed by atoms with E-state index in [1.807, 2.05) is 6.08 Å². The summed E-state index contributed by atoms with van der Waals surface area (Å²) in [5.74, 6) is 2.67. The summed E-state index contributed by atoms with van der Waals surface area (Å²) in [5.41, 5.74) is 3.22. The highest BCUT2D eigenvalue weighted by molar-refractivity contribution is 5.92. The second kappa shape index (κ2) is 5.16. The number of ketones is 2. The molecule has 2 heteroatoms. The van der Waals surface area contributed by atoms with Gasteiger partial charge in [-0.3, -0.25) is 9.59 Å². The Morgan fingerprint density at radius 2 is 2.00 bits per heavy atom. The second-order valence-electron chi connectivity index (χ2n) is 9.39. The first kappa shape index (κ1) is 16.3. The van der Waals surface area contributed by atoms with Crippen LogP contribution in [0.15, 0.2) is 23.3 Å². The first-order chi connectivity index (χ1) is 11.3. The molecule has 4 rings (SSSR count). The maximum absolute atomic E-state index is 12.3. The molecule has 0 bridgehead atoms. The Morgan fingerprint density at radius 3 is 2.71 bits per heavy atom. The summed E-state index contributed by atoms with van der Waals surface area (Å²) in [7, 11) is 0. The number of rotatable bonds is 1. The predicted octanol–water partition coefficient (Wildman–Crippen LogP) is 4.89. The number of fused-ring (bicyclic) bond motifs is 5. The second-order valence-corrected chi connectivity index (χ2v) is 9.39. The van der Waals surface area contributed by atoms with E-state index < -0.39 is 0 Å². The fraction of sp³-hybridized carbons (Fsp3) is 0.727. The number of carbonyl (C=O) groups is 2. The third kappa shape index (κ3) is 2.01. The largest absolute Gasteiger partial charge is 0.300 e. The molecule has 130 valence electrons. The van der Waals surface area contributed by atoms with Crippen LogP contribution in [0.1, 0.15) is 66.2 Å². The van der Waals surface area contributed by atoms with Gasteiger partial charge in [-0.05, 0) is 68.3 Å². The van der Waals surface area contributed by atoms with Crippen LogP contribution in [0.5, 0.6) is 0 Å². The standard InChI is InChI=1S/C22H30O2/c1-13-11-19-17-6-5-15-12-16(24)7-9-21(15,3)18(17)8-10-22(19,4)20(13)14(2)23/h8,12-13,17,19-20H,5-7,9-11H2,1-4H3/t13-,17?,19?,20-,21+,22+/m1/s1. The number of allylic oxidation sites excluding steroid dienone is 4. The van der Waals surface area contributed by atoms with Gasteiger partial charge in [-0.15, -0.1) is 0 Å². The molecule has 2 fully saturated rings. The van der Waals surface area contributed by atoms with E-state index in [1.54, 1.807) is 12.5 Å². The minimum Gasteiger partial charge on any atom is -0.300 e. The Labute approximate surface area is 145 Å². The van der Waals surface area contributed by atoms with Gasteiger partial charge in [-0.2, -0.15) is 0 Å². The van der Waals surface area contributed by atoms with Crippen LogP contribution in [-0.2, 0) is 9.59 Å². The molecule has 0 aromatic carbocycles. The highest BCUT2D eigenvalue weighted by atomic mass is 16.1. The van der Waals surface area contributed by atoms with Gasteiger partial charge in [-0.1, -0.05) is 38.0 Å². The molecule has 0 aromatic rings. The van der Waals surface area contributed by atoms with Gasteiger partial charge in [0.15, 0.2) is 5.78 Å². The fourth-order valence-electron chi connectivity index (χ4n) is 7.09. The Kier molecular flexibility index (Phi) is 3.50. The third-order valence-electron chi connectivity index (χ3n) is 8.11. The van der Waals surface area contributed by atoms with Crippen molar-refractivity contribution in [3.05, 3.63) is 23.3 Å². The smallest absolute Gasteiger partial charge is 0.155 e. The number of Topliss-reactive ketones (excluding diaryl/α,β-unsaturated/α-hetero) is 1. The minimum absolute atomic E-state index is 0.107. The molecule has 2 saturated carbocycles. The lowest BCUT2D eigenvalue weighted by molar-refractivity contribution is -0.126. The van der Waals surface area contributed by atoms with E-state index in [0.717, 1.165) is 25.7 Å². The number of hydrogen-bond acceptors (Lipinski definition) is 2. The van der Waals surface area contributed by atoms with E-state index in [-0.39, 0.29) is 16.7 Å². The van der Waals surface area contributed by atoms with Crippen molar-refractivity contribution in [2.24, 2.45) is 34.5 Å². The molecule has 0 spiro atoms. The molecule has 0 aromatic heterocycles. The van der Waals surface area contributed by atoms with E-state index in [0.29, 0.717) is 35.7 Å². The zero-order chi connectivity index (χ0) is 17.3. The topological polar surface area (TPSA) is 34.1 Å². The van der Waals surface area contributed by atoms with Crippen LogP contribution in [0, 0.1) is 34.5 Å². The lowest BCUT2D eigenvalue weighted by atomic mass is 9.51. The molecule has 0 aliphatic heterocycles. The van der Waals surface area contributed by atoms with E-state index >= 15 is 0 Å². The van der Waals surface area contributed by atoms with Crippen LogP contribution in [0.25, 0.3) is 0 Å². The third-order valence-corrected chi connectivity index (χ3v) is 8.11. The minimum atomic E-state index is 0.107. The molecule has 0 N–H and O–H groups in total. The lowest BCUT2D eigenvalue weighted by Crippen LogP contribution is -2.45. The summed E-state index contributed by atoms with van der Waals surface area (Å²) < 4.78 is 0. The molecule has 4 aliphatic rings. The maximum atomic E-state index is 12.3. The summed E-state index contributed by atoms with van der Waals surface area (Å²) in [5, 5.41) is 0. The summed E-state index contributed by atoms with van der Waals surface area (Å²) in [6.07, 6.45) is 10.6. The molecule has 0 heterocycles. The van der Waals surface area contributed by atoms with Gasteiger partial charge in [-0.25, -0.2) is 0 Å². The molecule has 2 nitrogen and oxygen atoms in total. The van der Waals surface area contributed by atoms with E-state index in [1.165, 1.54) is 12.0 Å². The first-order valence-corrected chi connectivity index (χ1v) is 9.72. The van der Waals surface area contributed by atoms with Crippen molar-refractivity contribution < 1.29 is 9.59 Å². The highest BCUT2D eigenvalue weighted by Gasteiger charge is 2.58. The molecule has 4 aliphatic carbocycles. The van der Waals surface area contributed by atoms with E-state index in [2.05, 4.69) is 26.8 Å². The predicted molar refractivity (Wildman–Crippen MR) is 95.4 cm³/mol. The van der Waals surface area contributed by atoms with Crippen LogP contribution in [0.3, 0.4) is 0 Å². The van der Waals surface area contributed by atoms with Crippen molar-refractivity contribution in [1.82, 2.24) is 0 Å². The van der Waals surface area contributed by atoms with Crippen LogP contribution in [-0.4, -0.2) is 11.6 Å². The SMILES string of the molecule is CC(=O)[C@H]1[C@H](C)CC2C3CCC4=CC(=O)CC[C@]4(C)C3=CC[C@@]21C. The van der Waals surface area contributed by atoms with Crippen molar-refractivity contribution >= 4 is 11.6 Å². The normalized spacial score (nSPS) is 47.2. The van der Waals surface area contributed by atoms with Gasteiger partial charge < -0.3 is 0 Å². The first-order valence-electron chi connectivity index (χ1n) is 9.72. The molecule has 6 atom stereocenters. The van der Waals surface area contributed by atoms with Gasteiger partial charge in [0.05, 0.1) is 0 Å². The van der Waals surface area contributed by atoms with Crippen LogP contribution >= 0.6 is 0 Å². The van der Waals surface area contributed by atoms with Crippen LogP contribution in [0.4, 0.5) is 0 Å². The summed E-state index contributed by atoms with van der Waals surface area (Å²) in [4.78, 5) is 24.2. The highest BCUT2D eigenvalue weighted by Crippen LogP contribution is 2.65. The summed E-state index contributed by atoms with van der Waals surface area (Å²) in [6, 6.07) is 0. The zero-order valence-electron chi connectivity index (χ0n) is 15.5. The average Bonchev–Trinajstić information content (AvgIpc) is 2.78. The van der Waals surface area contributed by atoms with Gasteiger partial charge in [0.1, 0.15) is 5.78 Å². The Morgan fingerprint density at radius 1 is 1.25 bits per heavy atom. The Bertz CT molecular complexity index is 669. The summed E-state index contributed by atoms with van der Waals surface area (Å²) >= 11 is 0. The van der Waals surface area contributed by atoms with Gasteiger partial charge in [0.2, 0.25) is 0 Å². The van der Waals surface area contributed by atoms with E-state index in [4.69, 9.17) is 0 Å². The van der Waals surface area contributed by atoms with Crippen molar-refractivity contribution in [2.75, 3.05) is 0 Å². The quantitative estimate of drug-likeness (QED) is 0.643. The van der Waals surface area contributed by atoms with Gasteiger partial charge in [0, 0.05) is 17.8 Å². The van der Waals surface area contributed by atoms with Gasteiger partial charge in [0.25, 0.3) is 0 Å². The Hall–Kier alpha value is -1.18. The zero-order valence-corrected chi connectivity index (χ0v) is 15.5. The van der Waals surface area contributed by atoms with Gasteiger partial charge >= 0.3 is 0 Å². The monoisotopic (exact) mass is 326 g/mol. The molecule has 0 radical (unpaired) electrons. The molecule has 0 amide bonds. The van der Waals surface area contributed by atoms with Crippen LogP contribution < -0.4 is 0 Å². The lowest BCUT2D eigenvalue weighted by Gasteiger charge is -2.53. The molecule has 0 saturated heterocycles. The molecular formula is C22H30O2. The van der Waals surface area contributed by atoms with Crippen molar-refractivity contribution in [3.8, 4) is 0 Å². The molecule has 2 unspecified atom stereocenters. The number of carbonyl (C=O) groups excluding carboxylic acids is 2. The molecular weight excluding hydrogens is 296 g/mol. The van der Waals surface area contributed by atoms with Crippen molar-refractivity contribution in [2.45, 2.75) is 66.2 Å².